The second-order valence-electron chi connectivity index (χ2n) is 5.21. The number of hydrogen-bond donors (Lipinski definition) is 0. The van der Waals surface area contributed by atoms with E-state index in [9.17, 15) is 9.59 Å². The van der Waals surface area contributed by atoms with E-state index in [1.165, 1.54) is 0 Å². The van der Waals surface area contributed by atoms with Crippen LogP contribution in [0.25, 0.3) is 0 Å². The Morgan fingerprint density at radius 1 is 1.40 bits per heavy atom. The lowest BCUT2D eigenvalue weighted by Gasteiger charge is -2.38. The molecule has 108 valence electrons. The smallest absolute Gasteiger partial charge is 0.245 e. The second-order valence-corrected chi connectivity index (χ2v) is 5.21. The average molecular weight is 275 g/mol. The van der Waals surface area contributed by atoms with Crippen molar-refractivity contribution in [3.63, 3.8) is 0 Å². The number of carbonyl (C=O) groups excluding carboxylic acids is 2. The Labute approximate surface area is 119 Å². The maximum Gasteiger partial charge on any atom is 0.245 e. The summed E-state index contributed by atoms with van der Waals surface area (Å²) in [6.07, 6.45) is 2.60. The highest BCUT2D eigenvalue weighted by Crippen LogP contribution is 2.17. The monoisotopic (exact) mass is 275 g/mol. The van der Waals surface area contributed by atoms with Crippen molar-refractivity contribution in [2.75, 3.05) is 13.1 Å². The van der Waals surface area contributed by atoms with Crippen LogP contribution in [0.5, 0.6) is 0 Å². The molecule has 1 aromatic rings. The van der Waals surface area contributed by atoms with Crippen LogP contribution < -0.4 is 0 Å². The molecule has 2 rings (SSSR count). The molecule has 5 heteroatoms. The van der Waals surface area contributed by atoms with Gasteiger partial charge in [0.15, 0.2) is 0 Å². The summed E-state index contributed by atoms with van der Waals surface area (Å²) in [7, 11) is 0. The Bertz CT molecular complexity index is 516. The molecule has 0 bridgehead atoms. The van der Waals surface area contributed by atoms with Gasteiger partial charge in [0.25, 0.3) is 0 Å². The van der Waals surface area contributed by atoms with Crippen LogP contribution in [-0.4, -0.2) is 45.7 Å². The molecular weight excluding hydrogens is 254 g/mol. The van der Waals surface area contributed by atoms with Gasteiger partial charge in [-0.15, -0.1) is 0 Å². The first-order valence-electron chi connectivity index (χ1n) is 7.03. The lowest BCUT2D eigenvalue weighted by Crippen LogP contribution is -2.58. The van der Waals surface area contributed by atoms with Crippen molar-refractivity contribution in [3.05, 3.63) is 29.6 Å². The summed E-state index contributed by atoms with van der Waals surface area (Å²) in [6.45, 7) is 7.01. The molecule has 1 aromatic heterocycles. The summed E-state index contributed by atoms with van der Waals surface area (Å²) in [4.78, 5) is 32.1. The van der Waals surface area contributed by atoms with Gasteiger partial charge in [0, 0.05) is 25.0 Å². The summed E-state index contributed by atoms with van der Waals surface area (Å²) in [6, 6.07) is 3.40. The summed E-state index contributed by atoms with van der Waals surface area (Å²) in [5.74, 6) is 0.0433. The fraction of sp³-hybridized carbons (Fsp3) is 0.533. The quantitative estimate of drug-likeness (QED) is 0.833. The number of aromatic nitrogens is 1. The zero-order valence-corrected chi connectivity index (χ0v) is 12.3. The van der Waals surface area contributed by atoms with Crippen LogP contribution in [0.1, 0.15) is 31.5 Å². The maximum absolute atomic E-state index is 12.3. The number of hydrogen-bond acceptors (Lipinski definition) is 3. The van der Waals surface area contributed by atoms with Crippen LogP contribution in [0.4, 0.5) is 0 Å². The van der Waals surface area contributed by atoms with Gasteiger partial charge in [-0.3, -0.25) is 14.6 Å². The lowest BCUT2D eigenvalue weighted by molar-refractivity contribution is -0.155. The van der Waals surface area contributed by atoms with E-state index in [0.717, 1.165) is 17.7 Å². The Kier molecular flexibility index (Phi) is 4.37. The van der Waals surface area contributed by atoms with Gasteiger partial charge in [0.2, 0.25) is 11.8 Å². The van der Waals surface area contributed by atoms with Gasteiger partial charge in [-0.05, 0) is 31.9 Å². The van der Waals surface area contributed by atoms with Crippen LogP contribution in [0, 0.1) is 6.92 Å². The number of amides is 2. The molecule has 0 aliphatic carbocycles. The number of piperazine rings is 1. The number of carbonyl (C=O) groups is 2. The molecule has 1 aliphatic rings. The van der Waals surface area contributed by atoms with Gasteiger partial charge in [-0.2, -0.15) is 0 Å². The van der Waals surface area contributed by atoms with E-state index in [1.54, 1.807) is 22.9 Å². The van der Waals surface area contributed by atoms with Gasteiger partial charge in [-0.1, -0.05) is 13.0 Å². The van der Waals surface area contributed by atoms with Crippen molar-refractivity contribution in [1.29, 1.82) is 0 Å². The summed E-state index contributed by atoms with van der Waals surface area (Å²) in [5.41, 5.74) is 1.89. The molecule has 20 heavy (non-hydrogen) atoms. The largest absolute Gasteiger partial charge is 0.332 e. The molecule has 0 N–H and O–H groups in total. The van der Waals surface area contributed by atoms with Crippen LogP contribution in [0.2, 0.25) is 0 Å². The highest BCUT2D eigenvalue weighted by atomic mass is 16.2. The van der Waals surface area contributed by atoms with Crippen molar-refractivity contribution < 1.29 is 9.59 Å². The molecular formula is C15H21N3O2. The highest BCUT2D eigenvalue weighted by Gasteiger charge is 2.35. The Morgan fingerprint density at radius 2 is 2.15 bits per heavy atom. The molecule has 1 saturated heterocycles. The van der Waals surface area contributed by atoms with Gasteiger partial charge in [0.1, 0.15) is 6.04 Å². The summed E-state index contributed by atoms with van der Waals surface area (Å²) >= 11 is 0. The van der Waals surface area contributed by atoms with Crippen LogP contribution in [0.3, 0.4) is 0 Å². The van der Waals surface area contributed by atoms with E-state index in [1.807, 2.05) is 26.0 Å². The highest BCUT2D eigenvalue weighted by molar-refractivity contribution is 5.94. The SMILES string of the molecule is CCCN1CC(=O)N(Cc2cccnc2C)[C@@H](C)C1=O. The van der Waals surface area contributed by atoms with Gasteiger partial charge in [0.05, 0.1) is 6.54 Å². The molecule has 2 heterocycles. The second kappa shape index (κ2) is 6.03. The average Bonchev–Trinajstić information content (AvgIpc) is 2.43. The first-order valence-corrected chi connectivity index (χ1v) is 7.03. The van der Waals surface area contributed by atoms with E-state index in [4.69, 9.17) is 0 Å². The summed E-state index contributed by atoms with van der Waals surface area (Å²) < 4.78 is 0. The molecule has 0 spiro atoms. The van der Waals surface area contributed by atoms with Crippen molar-refractivity contribution in [3.8, 4) is 0 Å². The Hall–Kier alpha value is -1.91. The standard InChI is InChI=1S/C15H21N3O2/c1-4-8-17-10-14(19)18(12(3)15(17)20)9-13-6-5-7-16-11(13)2/h5-7,12H,4,8-10H2,1-3H3/t12-/m0/s1. The number of rotatable bonds is 4. The van der Waals surface area contributed by atoms with Crippen molar-refractivity contribution in [1.82, 2.24) is 14.8 Å². The first kappa shape index (κ1) is 14.5. The van der Waals surface area contributed by atoms with E-state index >= 15 is 0 Å². The van der Waals surface area contributed by atoms with Crippen LogP contribution in [-0.2, 0) is 16.1 Å². The third-order valence-corrected chi connectivity index (χ3v) is 3.73. The lowest BCUT2D eigenvalue weighted by atomic mass is 10.1. The number of nitrogens with zero attached hydrogens (tertiary/aromatic N) is 3. The fourth-order valence-corrected chi connectivity index (χ4v) is 2.50. The Balaban J connectivity index is 2.15. The van der Waals surface area contributed by atoms with Crippen LogP contribution in [0.15, 0.2) is 18.3 Å². The van der Waals surface area contributed by atoms with Gasteiger partial charge < -0.3 is 9.80 Å². The van der Waals surface area contributed by atoms with E-state index in [0.29, 0.717) is 13.1 Å². The minimum Gasteiger partial charge on any atom is -0.332 e. The Morgan fingerprint density at radius 3 is 2.80 bits per heavy atom. The van der Waals surface area contributed by atoms with Crippen molar-refractivity contribution in [2.45, 2.75) is 39.8 Å². The summed E-state index contributed by atoms with van der Waals surface area (Å²) in [5, 5.41) is 0. The third-order valence-electron chi connectivity index (χ3n) is 3.73. The molecule has 1 aliphatic heterocycles. The molecule has 2 amide bonds. The molecule has 5 nitrogen and oxygen atoms in total. The topological polar surface area (TPSA) is 53.5 Å². The zero-order valence-electron chi connectivity index (χ0n) is 12.3. The molecule has 1 atom stereocenters. The fourth-order valence-electron chi connectivity index (χ4n) is 2.50. The molecule has 0 saturated carbocycles. The molecule has 0 aromatic carbocycles. The predicted molar refractivity (Wildman–Crippen MR) is 75.9 cm³/mol. The van der Waals surface area contributed by atoms with E-state index < -0.39 is 6.04 Å². The maximum atomic E-state index is 12.3. The van der Waals surface area contributed by atoms with E-state index in [-0.39, 0.29) is 18.4 Å². The molecule has 1 fully saturated rings. The minimum atomic E-state index is -0.401. The molecule has 0 unspecified atom stereocenters. The minimum absolute atomic E-state index is 0.00815. The van der Waals surface area contributed by atoms with Gasteiger partial charge >= 0.3 is 0 Å². The zero-order chi connectivity index (χ0) is 14.7. The number of aryl methyl sites for hydroxylation is 1. The molecule has 0 radical (unpaired) electrons. The van der Waals surface area contributed by atoms with Gasteiger partial charge in [-0.25, -0.2) is 0 Å². The van der Waals surface area contributed by atoms with Crippen LogP contribution >= 0.6 is 0 Å². The van der Waals surface area contributed by atoms with E-state index in [2.05, 4.69) is 4.98 Å². The number of pyridine rings is 1. The first-order chi connectivity index (χ1) is 9.54. The predicted octanol–water partition coefficient (Wildman–Crippen LogP) is 1.36. The third kappa shape index (κ3) is 2.81. The normalized spacial score (nSPS) is 19.6. The van der Waals surface area contributed by atoms with Crippen molar-refractivity contribution in [2.24, 2.45) is 0 Å². The van der Waals surface area contributed by atoms with Crippen molar-refractivity contribution >= 4 is 11.8 Å².